The number of aryl methyl sites for hydroxylation is 1. The second-order valence-corrected chi connectivity index (χ2v) is 4.44. The predicted molar refractivity (Wildman–Crippen MR) is 54.6 cm³/mol. The van der Waals surface area contributed by atoms with E-state index in [1.54, 1.807) is 17.4 Å². The van der Waals surface area contributed by atoms with Crippen LogP contribution in [0.1, 0.15) is 20.9 Å². The molecule has 0 saturated carbocycles. The highest BCUT2D eigenvalue weighted by molar-refractivity contribution is 7.10. The lowest BCUT2D eigenvalue weighted by Crippen LogP contribution is -1.98. The molecular weight excluding hydrogens is 202 g/mol. The van der Waals surface area contributed by atoms with Crippen molar-refractivity contribution in [1.29, 1.82) is 0 Å². The van der Waals surface area contributed by atoms with Gasteiger partial charge in [-0.25, -0.2) is 0 Å². The molecule has 2 aromatic rings. The molecule has 0 N–H and O–H groups in total. The molecular formula is C9H7NOS2. The SMILES string of the molecule is Cc1cc(C(=O)c2ccsn2)cs1. The lowest BCUT2D eigenvalue weighted by molar-refractivity contribution is 0.103. The van der Waals surface area contributed by atoms with Gasteiger partial charge in [-0.15, -0.1) is 11.3 Å². The van der Waals surface area contributed by atoms with Gasteiger partial charge in [0.15, 0.2) is 0 Å². The summed E-state index contributed by atoms with van der Waals surface area (Å²) in [5.41, 5.74) is 1.29. The van der Waals surface area contributed by atoms with Gasteiger partial charge in [0.1, 0.15) is 5.69 Å². The molecule has 0 aliphatic rings. The minimum atomic E-state index is 0.0191. The summed E-state index contributed by atoms with van der Waals surface area (Å²) in [4.78, 5) is 12.8. The maximum Gasteiger partial charge on any atom is 0.213 e. The fourth-order valence-electron chi connectivity index (χ4n) is 1.04. The molecule has 0 spiro atoms. The standard InChI is InChI=1S/C9H7NOS2/c1-6-4-7(5-12-6)9(11)8-2-3-13-10-8/h2-5H,1H3. The summed E-state index contributed by atoms with van der Waals surface area (Å²) in [7, 11) is 0. The molecule has 0 radical (unpaired) electrons. The number of thiophene rings is 1. The van der Waals surface area contributed by atoms with Crippen LogP contribution in [-0.4, -0.2) is 10.2 Å². The summed E-state index contributed by atoms with van der Waals surface area (Å²) in [6.45, 7) is 1.99. The molecule has 0 aromatic carbocycles. The molecule has 0 atom stereocenters. The summed E-state index contributed by atoms with van der Waals surface area (Å²) in [6.07, 6.45) is 0. The van der Waals surface area contributed by atoms with E-state index in [0.29, 0.717) is 5.69 Å². The number of nitrogens with zero attached hydrogens (tertiary/aromatic N) is 1. The van der Waals surface area contributed by atoms with Crippen LogP contribution in [0.3, 0.4) is 0 Å². The monoisotopic (exact) mass is 209 g/mol. The van der Waals surface area contributed by atoms with Gasteiger partial charge in [-0.3, -0.25) is 4.79 Å². The van der Waals surface area contributed by atoms with Gasteiger partial charge in [0.05, 0.1) is 0 Å². The minimum Gasteiger partial charge on any atom is -0.287 e. The first-order valence-corrected chi connectivity index (χ1v) is 5.49. The zero-order chi connectivity index (χ0) is 9.26. The van der Waals surface area contributed by atoms with Crippen LogP contribution >= 0.6 is 22.9 Å². The first-order valence-electron chi connectivity index (χ1n) is 3.77. The highest BCUT2D eigenvalue weighted by atomic mass is 32.1. The Kier molecular flexibility index (Phi) is 2.24. The molecule has 2 aromatic heterocycles. The zero-order valence-electron chi connectivity index (χ0n) is 6.98. The van der Waals surface area contributed by atoms with E-state index in [9.17, 15) is 4.79 Å². The van der Waals surface area contributed by atoms with E-state index < -0.39 is 0 Å². The maximum absolute atomic E-state index is 11.7. The number of rotatable bonds is 2. The van der Waals surface area contributed by atoms with Gasteiger partial charge in [-0.2, -0.15) is 4.37 Å². The molecule has 4 heteroatoms. The Bertz CT molecular complexity index is 417. The summed E-state index contributed by atoms with van der Waals surface area (Å²) < 4.78 is 4.00. The Labute approximate surface area is 84.0 Å². The van der Waals surface area contributed by atoms with Crippen molar-refractivity contribution < 1.29 is 4.79 Å². The minimum absolute atomic E-state index is 0.0191. The second kappa shape index (κ2) is 3.40. The molecule has 2 rings (SSSR count). The van der Waals surface area contributed by atoms with Crippen LogP contribution in [0.25, 0.3) is 0 Å². The number of hydrogen-bond acceptors (Lipinski definition) is 4. The Morgan fingerprint density at radius 1 is 1.54 bits per heavy atom. The van der Waals surface area contributed by atoms with E-state index in [4.69, 9.17) is 0 Å². The second-order valence-electron chi connectivity index (χ2n) is 2.66. The first-order chi connectivity index (χ1) is 6.27. The first kappa shape index (κ1) is 8.59. The molecule has 2 nitrogen and oxygen atoms in total. The van der Waals surface area contributed by atoms with Crippen molar-refractivity contribution in [3.63, 3.8) is 0 Å². The number of carbonyl (C=O) groups is 1. The number of ketones is 1. The molecule has 0 unspecified atom stereocenters. The van der Waals surface area contributed by atoms with Crippen LogP contribution in [0.15, 0.2) is 22.9 Å². The summed E-state index contributed by atoms with van der Waals surface area (Å²) in [5, 5.41) is 3.68. The third kappa shape index (κ3) is 1.68. The van der Waals surface area contributed by atoms with E-state index in [1.807, 2.05) is 23.8 Å². The molecule has 0 bridgehead atoms. The van der Waals surface area contributed by atoms with Crippen LogP contribution in [0, 0.1) is 6.92 Å². The normalized spacial score (nSPS) is 10.2. The number of carbonyl (C=O) groups excluding carboxylic acids is 1. The Balaban J connectivity index is 2.33. The van der Waals surface area contributed by atoms with E-state index in [1.165, 1.54) is 11.5 Å². The van der Waals surface area contributed by atoms with Crippen LogP contribution in [-0.2, 0) is 0 Å². The Morgan fingerprint density at radius 2 is 2.38 bits per heavy atom. The zero-order valence-corrected chi connectivity index (χ0v) is 8.61. The maximum atomic E-state index is 11.7. The average molecular weight is 209 g/mol. The number of aromatic nitrogens is 1. The van der Waals surface area contributed by atoms with Crippen LogP contribution in [0.5, 0.6) is 0 Å². The average Bonchev–Trinajstić information content (AvgIpc) is 2.72. The van der Waals surface area contributed by atoms with Crippen LogP contribution in [0.2, 0.25) is 0 Å². The lowest BCUT2D eigenvalue weighted by Gasteiger charge is -1.89. The summed E-state index contributed by atoms with van der Waals surface area (Å²) >= 11 is 2.89. The van der Waals surface area contributed by atoms with Gasteiger partial charge < -0.3 is 0 Å². The quantitative estimate of drug-likeness (QED) is 0.712. The molecule has 0 saturated heterocycles. The van der Waals surface area contributed by atoms with Gasteiger partial charge in [-0.1, -0.05) is 0 Å². The molecule has 2 heterocycles. The highest BCUT2D eigenvalue weighted by Crippen LogP contribution is 2.16. The van der Waals surface area contributed by atoms with E-state index in [2.05, 4.69) is 4.37 Å². The Morgan fingerprint density at radius 3 is 2.92 bits per heavy atom. The smallest absolute Gasteiger partial charge is 0.213 e. The molecule has 0 fully saturated rings. The van der Waals surface area contributed by atoms with Crippen molar-refractivity contribution in [2.24, 2.45) is 0 Å². The van der Waals surface area contributed by atoms with Gasteiger partial charge in [0, 0.05) is 21.2 Å². The van der Waals surface area contributed by atoms with Gasteiger partial charge in [-0.05, 0) is 30.6 Å². The van der Waals surface area contributed by atoms with Crippen LogP contribution in [0.4, 0.5) is 0 Å². The van der Waals surface area contributed by atoms with Gasteiger partial charge in [0.25, 0.3) is 0 Å². The van der Waals surface area contributed by atoms with Gasteiger partial charge >= 0.3 is 0 Å². The largest absolute Gasteiger partial charge is 0.287 e. The van der Waals surface area contributed by atoms with Crippen molar-refractivity contribution in [1.82, 2.24) is 4.37 Å². The van der Waals surface area contributed by atoms with Crippen molar-refractivity contribution in [3.05, 3.63) is 39.0 Å². The van der Waals surface area contributed by atoms with Crippen LogP contribution < -0.4 is 0 Å². The third-order valence-corrected chi connectivity index (χ3v) is 3.08. The summed E-state index contributed by atoms with van der Waals surface area (Å²) in [6, 6.07) is 3.65. The number of hydrogen-bond donors (Lipinski definition) is 0. The van der Waals surface area contributed by atoms with Gasteiger partial charge in [0.2, 0.25) is 5.78 Å². The topological polar surface area (TPSA) is 30.0 Å². The fourth-order valence-corrected chi connectivity index (χ4v) is 2.23. The molecule has 66 valence electrons. The van der Waals surface area contributed by atoms with E-state index in [-0.39, 0.29) is 5.78 Å². The van der Waals surface area contributed by atoms with Crippen molar-refractivity contribution in [3.8, 4) is 0 Å². The summed E-state index contributed by atoms with van der Waals surface area (Å²) in [5.74, 6) is 0.0191. The lowest BCUT2D eigenvalue weighted by atomic mass is 10.1. The van der Waals surface area contributed by atoms with E-state index >= 15 is 0 Å². The fraction of sp³-hybridized carbons (Fsp3) is 0.111. The third-order valence-electron chi connectivity index (χ3n) is 1.66. The molecule has 13 heavy (non-hydrogen) atoms. The highest BCUT2D eigenvalue weighted by Gasteiger charge is 2.11. The van der Waals surface area contributed by atoms with Crippen molar-refractivity contribution in [2.75, 3.05) is 0 Å². The van der Waals surface area contributed by atoms with Crippen molar-refractivity contribution >= 4 is 28.7 Å². The Hall–Kier alpha value is -1.000. The van der Waals surface area contributed by atoms with E-state index in [0.717, 1.165) is 10.4 Å². The molecule has 0 aliphatic heterocycles. The van der Waals surface area contributed by atoms with Crippen molar-refractivity contribution in [2.45, 2.75) is 6.92 Å². The predicted octanol–water partition coefficient (Wildman–Crippen LogP) is 2.74. The molecule has 0 aliphatic carbocycles. The molecule has 0 amide bonds.